The first-order chi connectivity index (χ1) is 8.38. The Labute approximate surface area is 117 Å². The van der Waals surface area contributed by atoms with Crippen molar-refractivity contribution in [2.45, 2.75) is 39.5 Å². The van der Waals surface area contributed by atoms with E-state index in [9.17, 15) is 0 Å². The quantitative estimate of drug-likeness (QED) is 0.821. The minimum atomic E-state index is -0.0504. The predicted octanol–water partition coefficient (Wildman–Crippen LogP) is 4.18. The second kappa shape index (κ2) is 4.28. The third-order valence-electron chi connectivity index (χ3n) is 4.33. The highest BCUT2D eigenvalue weighted by molar-refractivity contribution is 9.10. The molecule has 1 fully saturated rings. The van der Waals surface area contributed by atoms with Crippen LogP contribution in [0.2, 0.25) is 0 Å². The molecule has 2 atom stereocenters. The van der Waals surface area contributed by atoms with Crippen molar-refractivity contribution in [3.63, 3.8) is 0 Å². The van der Waals surface area contributed by atoms with Crippen LogP contribution in [-0.2, 0) is 5.41 Å². The molecule has 1 aromatic rings. The van der Waals surface area contributed by atoms with Gasteiger partial charge < -0.3 is 4.74 Å². The average Bonchev–Trinajstić information content (AvgIpc) is 3.02. The molecule has 0 aliphatic heterocycles. The van der Waals surface area contributed by atoms with Gasteiger partial charge in [-0.2, -0.15) is 5.26 Å². The van der Waals surface area contributed by atoms with E-state index in [4.69, 9.17) is 10.00 Å². The highest BCUT2D eigenvalue weighted by Gasteiger charge is 2.54. The summed E-state index contributed by atoms with van der Waals surface area (Å²) in [5, 5.41) is 9.15. The maximum absolute atomic E-state index is 9.15. The first kappa shape index (κ1) is 13.4. The van der Waals surface area contributed by atoms with Crippen LogP contribution in [0.15, 0.2) is 4.47 Å². The van der Waals surface area contributed by atoms with E-state index in [0.29, 0.717) is 0 Å². The number of benzene rings is 1. The van der Waals surface area contributed by atoms with Gasteiger partial charge in [-0.1, -0.05) is 22.9 Å². The minimum absolute atomic E-state index is 0.0504. The van der Waals surface area contributed by atoms with Gasteiger partial charge in [-0.25, -0.2) is 0 Å². The van der Waals surface area contributed by atoms with Crippen molar-refractivity contribution in [1.82, 2.24) is 0 Å². The van der Waals surface area contributed by atoms with Gasteiger partial charge in [0.05, 0.1) is 19.1 Å². The molecule has 2 nitrogen and oxygen atoms in total. The van der Waals surface area contributed by atoms with Crippen LogP contribution in [0.4, 0.5) is 0 Å². The van der Waals surface area contributed by atoms with E-state index in [1.165, 1.54) is 16.7 Å². The molecule has 3 heteroatoms. The lowest BCUT2D eigenvalue weighted by atomic mass is 9.87. The summed E-state index contributed by atoms with van der Waals surface area (Å²) in [4.78, 5) is 0. The van der Waals surface area contributed by atoms with E-state index in [2.05, 4.69) is 49.7 Å². The van der Waals surface area contributed by atoms with Crippen molar-refractivity contribution in [1.29, 1.82) is 5.26 Å². The number of methoxy groups -OCH3 is 1. The van der Waals surface area contributed by atoms with Crippen molar-refractivity contribution in [2.24, 2.45) is 5.92 Å². The fraction of sp³-hybridized carbons (Fsp3) is 0.533. The molecular formula is C15H18BrNO. The zero-order valence-corrected chi connectivity index (χ0v) is 13.1. The lowest BCUT2D eigenvalue weighted by Gasteiger charge is -2.23. The van der Waals surface area contributed by atoms with Gasteiger partial charge in [0.1, 0.15) is 5.75 Å². The number of nitriles is 1. The number of ether oxygens (including phenoxy) is 1. The highest BCUT2D eigenvalue weighted by Crippen LogP contribution is 2.58. The molecule has 1 saturated carbocycles. The molecule has 2 rings (SSSR count). The van der Waals surface area contributed by atoms with Crippen molar-refractivity contribution < 1.29 is 4.74 Å². The molecule has 1 aliphatic rings. The van der Waals surface area contributed by atoms with Crippen LogP contribution in [0.1, 0.15) is 35.6 Å². The summed E-state index contributed by atoms with van der Waals surface area (Å²) in [5.74, 6) is 1.06. The Morgan fingerprint density at radius 3 is 2.33 bits per heavy atom. The van der Waals surface area contributed by atoms with Crippen LogP contribution in [-0.4, -0.2) is 7.11 Å². The largest absolute Gasteiger partial charge is 0.496 e. The Bertz CT molecular complexity index is 559. The van der Waals surface area contributed by atoms with Gasteiger partial charge in [-0.05, 0) is 43.9 Å². The number of hydrogen-bond acceptors (Lipinski definition) is 2. The van der Waals surface area contributed by atoms with Crippen LogP contribution < -0.4 is 4.74 Å². The highest BCUT2D eigenvalue weighted by atomic mass is 79.9. The number of nitrogens with zero attached hydrogens (tertiary/aromatic N) is 1. The van der Waals surface area contributed by atoms with Gasteiger partial charge in [-0.3, -0.25) is 0 Å². The number of rotatable bonds is 2. The van der Waals surface area contributed by atoms with Crippen LogP contribution in [0.25, 0.3) is 0 Å². The normalized spacial score (nSPS) is 25.7. The molecule has 0 saturated heterocycles. The standard InChI is InChI=1S/C15H18BrNO/c1-8-9(2)14(18-5)12(10(3)13(8)16)15(4)6-11(15)7-17/h11H,6H2,1-5H3. The van der Waals surface area contributed by atoms with E-state index < -0.39 is 0 Å². The van der Waals surface area contributed by atoms with E-state index in [-0.39, 0.29) is 11.3 Å². The average molecular weight is 308 g/mol. The molecule has 0 aromatic heterocycles. The lowest BCUT2D eigenvalue weighted by molar-refractivity contribution is 0.400. The summed E-state index contributed by atoms with van der Waals surface area (Å²) in [7, 11) is 1.71. The first-order valence-corrected chi connectivity index (χ1v) is 6.91. The minimum Gasteiger partial charge on any atom is -0.496 e. The molecule has 0 bridgehead atoms. The number of hydrogen-bond donors (Lipinski definition) is 0. The molecule has 0 amide bonds. The maximum Gasteiger partial charge on any atom is 0.126 e. The van der Waals surface area contributed by atoms with Gasteiger partial charge in [0.15, 0.2) is 0 Å². The lowest BCUT2D eigenvalue weighted by Crippen LogP contribution is -2.11. The van der Waals surface area contributed by atoms with E-state index >= 15 is 0 Å². The van der Waals surface area contributed by atoms with Gasteiger partial charge in [0.2, 0.25) is 0 Å². The number of halogens is 1. The molecule has 0 N–H and O–H groups in total. The molecular weight excluding hydrogens is 290 g/mol. The summed E-state index contributed by atoms with van der Waals surface area (Å²) >= 11 is 3.67. The topological polar surface area (TPSA) is 33.0 Å². The summed E-state index contributed by atoms with van der Waals surface area (Å²) < 4.78 is 6.76. The van der Waals surface area contributed by atoms with E-state index in [0.717, 1.165) is 22.2 Å². The van der Waals surface area contributed by atoms with Gasteiger partial charge in [0.25, 0.3) is 0 Å². The summed E-state index contributed by atoms with van der Waals surface area (Å²) in [5.41, 5.74) is 4.73. The SMILES string of the molecule is COc1c(C)c(C)c(Br)c(C)c1C1(C)CC1C#N. The second-order valence-electron chi connectivity index (χ2n) is 5.40. The maximum atomic E-state index is 9.15. The van der Waals surface area contributed by atoms with Gasteiger partial charge >= 0.3 is 0 Å². The predicted molar refractivity (Wildman–Crippen MR) is 76.0 cm³/mol. The summed E-state index contributed by atoms with van der Waals surface area (Å²) in [6.45, 7) is 8.43. The smallest absolute Gasteiger partial charge is 0.126 e. The van der Waals surface area contributed by atoms with Crippen LogP contribution in [0, 0.1) is 38.0 Å². The zero-order valence-electron chi connectivity index (χ0n) is 11.5. The van der Waals surface area contributed by atoms with Crippen molar-refractivity contribution >= 4 is 15.9 Å². The molecule has 18 heavy (non-hydrogen) atoms. The van der Waals surface area contributed by atoms with Crippen LogP contribution in [0.5, 0.6) is 5.75 Å². The van der Waals surface area contributed by atoms with Crippen molar-refractivity contribution in [3.8, 4) is 11.8 Å². The molecule has 1 aliphatic carbocycles. The summed E-state index contributed by atoms with van der Waals surface area (Å²) in [6, 6.07) is 2.39. The van der Waals surface area contributed by atoms with Crippen molar-refractivity contribution in [3.05, 3.63) is 26.7 Å². The Kier molecular flexibility index (Phi) is 3.19. The fourth-order valence-corrected chi connectivity index (χ4v) is 3.35. The van der Waals surface area contributed by atoms with Crippen LogP contribution in [0.3, 0.4) is 0 Å². The van der Waals surface area contributed by atoms with Crippen LogP contribution >= 0.6 is 15.9 Å². The molecule has 1 aromatic carbocycles. The van der Waals surface area contributed by atoms with E-state index in [1.54, 1.807) is 7.11 Å². The van der Waals surface area contributed by atoms with Crippen molar-refractivity contribution in [2.75, 3.05) is 7.11 Å². The zero-order chi connectivity index (χ0) is 13.7. The Morgan fingerprint density at radius 1 is 1.28 bits per heavy atom. The third kappa shape index (κ3) is 1.66. The van der Waals surface area contributed by atoms with Gasteiger partial charge in [0, 0.05) is 15.5 Å². The molecule has 2 unspecified atom stereocenters. The molecule has 96 valence electrons. The molecule has 0 spiro atoms. The Balaban J connectivity index is 2.72. The fourth-order valence-electron chi connectivity index (χ4n) is 2.86. The monoisotopic (exact) mass is 307 g/mol. The molecule has 0 heterocycles. The Morgan fingerprint density at radius 2 is 1.89 bits per heavy atom. The van der Waals surface area contributed by atoms with E-state index in [1.807, 2.05) is 0 Å². The summed E-state index contributed by atoms with van der Waals surface area (Å²) in [6.07, 6.45) is 0.926. The second-order valence-corrected chi connectivity index (χ2v) is 6.19. The molecule has 0 radical (unpaired) electrons. The third-order valence-corrected chi connectivity index (χ3v) is 5.52. The Hall–Kier alpha value is -1.01. The first-order valence-electron chi connectivity index (χ1n) is 6.11. The van der Waals surface area contributed by atoms with Gasteiger partial charge in [-0.15, -0.1) is 0 Å².